The Bertz CT molecular complexity index is 716. The Hall–Kier alpha value is -1.19. The van der Waals surface area contributed by atoms with Crippen molar-refractivity contribution in [2.75, 3.05) is 31.2 Å². The van der Waals surface area contributed by atoms with E-state index in [-0.39, 0.29) is 0 Å². The molecule has 0 aliphatic rings. The molecule has 2 heterocycles. The Balaban J connectivity index is 1.95. The van der Waals surface area contributed by atoms with Gasteiger partial charge in [0.2, 0.25) is 10.0 Å². The van der Waals surface area contributed by atoms with Crippen LogP contribution < -0.4 is 5.32 Å². The van der Waals surface area contributed by atoms with Crippen LogP contribution in [0.15, 0.2) is 23.2 Å². The molecule has 0 spiro atoms. The molecule has 0 atom stereocenters. The van der Waals surface area contributed by atoms with Crippen LogP contribution in [0.1, 0.15) is 13.3 Å². The summed E-state index contributed by atoms with van der Waals surface area (Å²) >= 11 is 3.35. The predicted molar refractivity (Wildman–Crippen MR) is 85.9 cm³/mol. The van der Waals surface area contributed by atoms with E-state index in [1.54, 1.807) is 6.20 Å². The average molecular weight is 376 g/mol. The molecule has 0 fully saturated rings. The summed E-state index contributed by atoms with van der Waals surface area (Å²) < 4.78 is 27.0. The van der Waals surface area contributed by atoms with E-state index in [1.807, 2.05) is 23.7 Å². The predicted octanol–water partition coefficient (Wildman–Crippen LogP) is 1.58. The van der Waals surface area contributed by atoms with E-state index < -0.39 is 10.0 Å². The van der Waals surface area contributed by atoms with Gasteiger partial charge in [0.25, 0.3) is 0 Å². The van der Waals surface area contributed by atoms with Gasteiger partial charge in [-0.1, -0.05) is 6.92 Å². The summed E-state index contributed by atoms with van der Waals surface area (Å²) in [6, 6.07) is 0. The van der Waals surface area contributed by atoms with E-state index in [2.05, 4.69) is 31.2 Å². The van der Waals surface area contributed by atoms with Crippen LogP contribution >= 0.6 is 15.9 Å². The molecular formula is C12H18BrN5O2S. The summed E-state index contributed by atoms with van der Waals surface area (Å²) in [4.78, 5) is 8.59. The zero-order valence-corrected chi connectivity index (χ0v) is 14.4. The van der Waals surface area contributed by atoms with Crippen LogP contribution in [-0.4, -0.2) is 53.0 Å². The molecule has 0 bridgehead atoms. The van der Waals surface area contributed by atoms with Gasteiger partial charge in [0.05, 0.1) is 6.26 Å². The van der Waals surface area contributed by atoms with Crippen LogP contribution in [0, 0.1) is 0 Å². The highest BCUT2D eigenvalue weighted by Crippen LogP contribution is 2.16. The van der Waals surface area contributed by atoms with E-state index in [1.165, 1.54) is 10.6 Å². The molecule has 0 unspecified atom stereocenters. The van der Waals surface area contributed by atoms with Gasteiger partial charge in [0.15, 0.2) is 11.5 Å². The molecule has 2 aromatic rings. The molecular weight excluding hydrogens is 358 g/mol. The highest BCUT2D eigenvalue weighted by Gasteiger charge is 2.13. The number of sulfonamides is 1. The molecule has 0 saturated carbocycles. The third kappa shape index (κ3) is 4.14. The van der Waals surface area contributed by atoms with E-state index in [0.29, 0.717) is 36.5 Å². The number of anilines is 1. The molecule has 2 aromatic heterocycles. The van der Waals surface area contributed by atoms with Gasteiger partial charge < -0.3 is 9.72 Å². The maximum Gasteiger partial charge on any atom is 0.211 e. The molecule has 0 radical (unpaired) electrons. The quantitative estimate of drug-likeness (QED) is 0.743. The zero-order valence-electron chi connectivity index (χ0n) is 12.0. The zero-order chi connectivity index (χ0) is 15.5. The van der Waals surface area contributed by atoms with E-state index in [4.69, 9.17) is 0 Å². The fraction of sp³-hybridized carbons (Fsp3) is 0.500. The van der Waals surface area contributed by atoms with Crippen LogP contribution in [0.25, 0.3) is 5.65 Å². The lowest BCUT2D eigenvalue weighted by atomic mass is 10.4. The highest BCUT2D eigenvalue weighted by atomic mass is 79.9. The van der Waals surface area contributed by atoms with Crippen molar-refractivity contribution in [2.24, 2.45) is 0 Å². The minimum atomic E-state index is -3.13. The fourth-order valence-corrected chi connectivity index (χ4v) is 3.37. The number of imidazole rings is 1. The summed E-state index contributed by atoms with van der Waals surface area (Å²) in [6.45, 7) is 3.43. The molecule has 0 saturated heterocycles. The van der Waals surface area contributed by atoms with E-state index >= 15 is 0 Å². The first-order valence-corrected chi connectivity index (χ1v) is 9.24. The number of nitrogens with zero attached hydrogens (tertiary/aromatic N) is 4. The topological polar surface area (TPSA) is 79.6 Å². The SMILES string of the molecule is CCN(CCCNc1nc(Br)cn2ccnc12)S(C)(=O)=O. The van der Waals surface area contributed by atoms with Crippen molar-refractivity contribution in [2.45, 2.75) is 13.3 Å². The average Bonchev–Trinajstić information content (AvgIpc) is 2.84. The van der Waals surface area contributed by atoms with Gasteiger partial charge in [-0.25, -0.2) is 22.7 Å². The first-order valence-electron chi connectivity index (χ1n) is 6.60. The van der Waals surface area contributed by atoms with Gasteiger partial charge in [0, 0.05) is 38.2 Å². The van der Waals surface area contributed by atoms with Crippen molar-refractivity contribution in [1.29, 1.82) is 0 Å². The molecule has 1 N–H and O–H groups in total. The normalized spacial score (nSPS) is 12.2. The Kier molecular flexibility index (Phi) is 5.17. The third-order valence-corrected chi connectivity index (χ3v) is 4.80. The lowest BCUT2D eigenvalue weighted by Gasteiger charge is -2.17. The van der Waals surface area contributed by atoms with E-state index in [0.717, 1.165) is 5.65 Å². The monoisotopic (exact) mass is 375 g/mol. The molecule has 7 nitrogen and oxygen atoms in total. The van der Waals surface area contributed by atoms with Crippen LogP contribution in [0.5, 0.6) is 0 Å². The smallest absolute Gasteiger partial charge is 0.211 e. The number of fused-ring (bicyclic) bond motifs is 1. The minimum Gasteiger partial charge on any atom is -0.367 e. The van der Waals surface area contributed by atoms with Gasteiger partial charge >= 0.3 is 0 Å². The van der Waals surface area contributed by atoms with Crippen LogP contribution in [-0.2, 0) is 10.0 Å². The fourth-order valence-electron chi connectivity index (χ4n) is 2.04. The Labute approximate surface area is 132 Å². The first-order chi connectivity index (χ1) is 9.91. The Morgan fingerprint density at radius 3 is 2.90 bits per heavy atom. The van der Waals surface area contributed by atoms with Crippen molar-refractivity contribution in [3.05, 3.63) is 23.2 Å². The maximum absolute atomic E-state index is 11.5. The first kappa shape index (κ1) is 16.2. The second-order valence-electron chi connectivity index (χ2n) is 4.61. The Morgan fingerprint density at radius 1 is 1.48 bits per heavy atom. The van der Waals surface area contributed by atoms with Gasteiger partial charge in [-0.2, -0.15) is 0 Å². The molecule has 9 heteroatoms. The third-order valence-electron chi connectivity index (χ3n) is 3.04. The van der Waals surface area contributed by atoms with Crippen LogP contribution in [0.2, 0.25) is 0 Å². The largest absolute Gasteiger partial charge is 0.367 e. The standard InChI is InChI=1S/C12H18BrN5O2S/c1-3-18(21(2,19)20)7-4-5-14-11-12-15-6-8-17(12)9-10(13)16-11/h6,8-9H,3-5,7H2,1-2H3,(H,14,16). The minimum absolute atomic E-state index is 0.485. The number of aromatic nitrogens is 3. The van der Waals surface area contributed by atoms with Crippen molar-refractivity contribution < 1.29 is 8.42 Å². The molecule has 0 aliphatic carbocycles. The van der Waals surface area contributed by atoms with Crippen molar-refractivity contribution in [1.82, 2.24) is 18.7 Å². The summed E-state index contributed by atoms with van der Waals surface area (Å²) in [5, 5.41) is 3.20. The summed E-state index contributed by atoms with van der Waals surface area (Å²) in [6.07, 6.45) is 7.30. The number of hydrogen-bond acceptors (Lipinski definition) is 5. The molecule has 21 heavy (non-hydrogen) atoms. The summed E-state index contributed by atoms with van der Waals surface area (Å²) in [5.41, 5.74) is 0.744. The number of hydrogen-bond donors (Lipinski definition) is 1. The molecule has 0 aliphatic heterocycles. The second-order valence-corrected chi connectivity index (χ2v) is 7.40. The second kappa shape index (κ2) is 6.71. The van der Waals surface area contributed by atoms with Crippen LogP contribution in [0.3, 0.4) is 0 Å². The summed E-state index contributed by atoms with van der Waals surface area (Å²) in [7, 11) is -3.13. The van der Waals surface area contributed by atoms with Crippen molar-refractivity contribution in [3.8, 4) is 0 Å². The maximum atomic E-state index is 11.5. The van der Waals surface area contributed by atoms with Crippen molar-refractivity contribution in [3.63, 3.8) is 0 Å². The van der Waals surface area contributed by atoms with E-state index in [9.17, 15) is 8.42 Å². The lowest BCUT2D eigenvalue weighted by molar-refractivity contribution is 0.428. The van der Waals surface area contributed by atoms with Crippen LogP contribution in [0.4, 0.5) is 5.82 Å². The summed E-state index contributed by atoms with van der Waals surface area (Å²) in [5.74, 6) is 0.678. The number of rotatable bonds is 7. The molecule has 2 rings (SSSR count). The lowest BCUT2D eigenvalue weighted by Crippen LogP contribution is -2.31. The number of nitrogens with one attached hydrogen (secondary N) is 1. The molecule has 116 valence electrons. The van der Waals surface area contributed by atoms with Crippen molar-refractivity contribution >= 4 is 37.4 Å². The van der Waals surface area contributed by atoms with Gasteiger partial charge in [-0.15, -0.1) is 0 Å². The van der Waals surface area contributed by atoms with Gasteiger partial charge in [0.1, 0.15) is 4.60 Å². The molecule has 0 aromatic carbocycles. The highest BCUT2D eigenvalue weighted by molar-refractivity contribution is 9.10. The van der Waals surface area contributed by atoms with Gasteiger partial charge in [-0.05, 0) is 22.4 Å². The van der Waals surface area contributed by atoms with Gasteiger partial charge in [-0.3, -0.25) is 0 Å². The molecule has 0 amide bonds. The number of halogens is 1. The Morgan fingerprint density at radius 2 is 2.24 bits per heavy atom.